The molecule has 124 valence electrons. The van der Waals surface area contributed by atoms with E-state index in [2.05, 4.69) is 0 Å². The van der Waals surface area contributed by atoms with E-state index in [9.17, 15) is 30.4 Å². The summed E-state index contributed by atoms with van der Waals surface area (Å²) >= 11 is 0. The highest BCUT2D eigenvalue weighted by Gasteiger charge is 2.59. The maximum absolute atomic E-state index is 13.4. The second-order valence-electron chi connectivity index (χ2n) is 4.86. The van der Waals surface area contributed by atoms with E-state index in [4.69, 9.17) is 0 Å². The standard InChI is InChI=1S/C12H13F5N2O2S/c1-3-22(20,21)19-7-18(2)9-5-4-8(6-10(9)19)11(13,14)12(15,16)17/h4-6H,3,7H2,1-2H3. The Bertz CT molecular complexity index is 687. The van der Waals surface area contributed by atoms with Crippen molar-refractivity contribution in [1.29, 1.82) is 0 Å². The minimum Gasteiger partial charge on any atom is -0.354 e. The van der Waals surface area contributed by atoms with Crippen LogP contribution >= 0.6 is 0 Å². The maximum Gasteiger partial charge on any atom is 0.458 e. The highest BCUT2D eigenvalue weighted by molar-refractivity contribution is 7.92. The number of sulfonamides is 1. The van der Waals surface area contributed by atoms with Crippen LogP contribution in [0.15, 0.2) is 18.2 Å². The van der Waals surface area contributed by atoms with E-state index in [0.717, 1.165) is 10.4 Å². The smallest absolute Gasteiger partial charge is 0.354 e. The van der Waals surface area contributed by atoms with Crippen LogP contribution in [0.4, 0.5) is 33.3 Å². The maximum atomic E-state index is 13.4. The van der Waals surface area contributed by atoms with Gasteiger partial charge in [-0.15, -0.1) is 0 Å². The molecule has 2 rings (SSSR count). The first-order chi connectivity index (χ1) is 9.91. The van der Waals surface area contributed by atoms with Gasteiger partial charge in [0.25, 0.3) is 0 Å². The molecule has 0 unspecified atom stereocenters. The molecule has 1 aromatic carbocycles. The van der Waals surface area contributed by atoms with Crippen molar-refractivity contribution in [3.8, 4) is 0 Å². The van der Waals surface area contributed by atoms with Crippen LogP contribution in [-0.2, 0) is 15.9 Å². The number of benzene rings is 1. The van der Waals surface area contributed by atoms with Crippen LogP contribution in [0.2, 0.25) is 0 Å². The third-order valence-corrected chi connectivity index (χ3v) is 5.13. The molecule has 4 nitrogen and oxygen atoms in total. The first kappa shape index (κ1) is 16.8. The van der Waals surface area contributed by atoms with Crippen molar-refractivity contribution in [3.05, 3.63) is 23.8 Å². The van der Waals surface area contributed by atoms with Gasteiger partial charge in [-0.3, -0.25) is 0 Å². The fourth-order valence-electron chi connectivity index (χ4n) is 2.14. The highest BCUT2D eigenvalue weighted by Crippen LogP contribution is 2.47. The van der Waals surface area contributed by atoms with Gasteiger partial charge in [0.05, 0.1) is 17.1 Å². The van der Waals surface area contributed by atoms with Gasteiger partial charge in [-0.2, -0.15) is 22.0 Å². The Labute approximate surface area is 124 Å². The number of halogens is 5. The number of rotatable bonds is 3. The van der Waals surface area contributed by atoms with Gasteiger partial charge in [0.2, 0.25) is 10.0 Å². The summed E-state index contributed by atoms with van der Waals surface area (Å²) in [5.74, 6) is -5.34. The molecule has 1 aliphatic heterocycles. The zero-order chi connectivity index (χ0) is 16.9. The van der Waals surface area contributed by atoms with E-state index in [0.29, 0.717) is 12.1 Å². The molecule has 0 bridgehead atoms. The lowest BCUT2D eigenvalue weighted by atomic mass is 10.1. The van der Waals surface area contributed by atoms with Crippen LogP contribution in [0.1, 0.15) is 12.5 Å². The molecule has 0 fully saturated rings. The molecule has 1 aliphatic rings. The molecule has 1 heterocycles. The number of hydrogen-bond donors (Lipinski definition) is 0. The van der Waals surface area contributed by atoms with Gasteiger partial charge in [-0.1, -0.05) is 6.07 Å². The minimum atomic E-state index is -5.75. The lowest BCUT2D eigenvalue weighted by Gasteiger charge is -2.22. The van der Waals surface area contributed by atoms with E-state index < -0.39 is 27.7 Å². The summed E-state index contributed by atoms with van der Waals surface area (Å²) in [6.07, 6.45) is -5.75. The van der Waals surface area contributed by atoms with E-state index in [1.165, 1.54) is 18.9 Å². The lowest BCUT2D eigenvalue weighted by Crippen LogP contribution is -2.35. The number of fused-ring (bicyclic) bond motifs is 1. The number of nitrogens with zero attached hydrogens (tertiary/aromatic N) is 2. The molecule has 0 spiro atoms. The predicted octanol–water partition coefficient (Wildman–Crippen LogP) is 2.90. The molecule has 0 radical (unpaired) electrons. The predicted molar refractivity (Wildman–Crippen MR) is 71.6 cm³/mol. The molecule has 1 aromatic rings. The lowest BCUT2D eigenvalue weighted by molar-refractivity contribution is -0.289. The molecule has 0 amide bonds. The molecule has 0 saturated heterocycles. The first-order valence-electron chi connectivity index (χ1n) is 6.22. The third kappa shape index (κ3) is 2.49. The van der Waals surface area contributed by atoms with Crippen molar-refractivity contribution in [2.75, 3.05) is 28.7 Å². The summed E-state index contributed by atoms with van der Waals surface area (Å²) in [4.78, 5) is 1.46. The molecule has 22 heavy (non-hydrogen) atoms. The number of anilines is 2. The van der Waals surface area contributed by atoms with Gasteiger partial charge in [0.1, 0.15) is 6.67 Å². The third-order valence-electron chi connectivity index (χ3n) is 3.42. The van der Waals surface area contributed by atoms with Gasteiger partial charge in [0, 0.05) is 12.6 Å². The molecule has 0 saturated carbocycles. The summed E-state index contributed by atoms with van der Waals surface area (Å²) in [6.45, 7) is 1.23. The zero-order valence-corrected chi connectivity index (χ0v) is 12.5. The van der Waals surface area contributed by atoms with Gasteiger partial charge < -0.3 is 4.90 Å². The summed E-state index contributed by atoms with van der Waals surface area (Å²) in [6, 6.07) is 2.31. The average Bonchev–Trinajstić information content (AvgIpc) is 2.75. The highest BCUT2D eigenvalue weighted by atomic mass is 32.2. The second-order valence-corrected chi connectivity index (χ2v) is 7.05. The Hall–Kier alpha value is -1.58. The quantitative estimate of drug-likeness (QED) is 0.792. The van der Waals surface area contributed by atoms with Gasteiger partial charge in [0.15, 0.2) is 0 Å². The number of hydrogen-bond acceptors (Lipinski definition) is 3. The largest absolute Gasteiger partial charge is 0.458 e. The summed E-state index contributed by atoms with van der Waals surface area (Å²) in [5, 5.41) is 0. The van der Waals surface area contributed by atoms with Crippen LogP contribution in [0, 0.1) is 0 Å². The molecular formula is C12H13F5N2O2S. The van der Waals surface area contributed by atoms with Crippen molar-refractivity contribution >= 4 is 21.4 Å². The van der Waals surface area contributed by atoms with Crippen molar-refractivity contribution in [1.82, 2.24) is 0 Å². The van der Waals surface area contributed by atoms with Crippen LogP contribution in [-0.4, -0.2) is 34.1 Å². The van der Waals surface area contributed by atoms with E-state index in [1.807, 2.05) is 0 Å². The monoisotopic (exact) mass is 344 g/mol. The molecule has 10 heteroatoms. The Kier molecular flexibility index (Phi) is 3.79. The van der Waals surface area contributed by atoms with Gasteiger partial charge >= 0.3 is 12.1 Å². The van der Waals surface area contributed by atoms with E-state index in [1.54, 1.807) is 0 Å². The Balaban J connectivity index is 2.58. The topological polar surface area (TPSA) is 40.6 Å². The van der Waals surface area contributed by atoms with Gasteiger partial charge in [-0.25, -0.2) is 12.7 Å². The molecule has 0 atom stereocenters. The average molecular weight is 344 g/mol. The Morgan fingerprint density at radius 1 is 1.14 bits per heavy atom. The van der Waals surface area contributed by atoms with Crippen molar-refractivity contribution in [2.24, 2.45) is 0 Å². The van der Waals surface area contributed by atoms with Crippen LogP contribution in [0.25, 0.3) is 0 Å². The van der Waals surface area contributed by atoms with Crippen molar-refractivity contribution < 1.29 is 30.4 Å². The number of alkyl halides is 5. The van der Waals surface area contributed by atoms with Gasteiger partial charge in [-0.05, 0) is 19.1 Å². The van der Waals surface area contributed by atoms with Crippen molar-refractivity contribution in [2.45, 2.75) is 19.0 Å². The molecule has 0 aliphatic carbocycles. The summed E-state index contributed by atoms with van der Waals surface area (Å²) < 4.78 is 89.0. The van der Waals surface area contributed by atoms with Crippen LogP contribution < -0.4 is 9.21 Å². The van der Waals surface area contributed by atoms with E-state index >= 15 is 0 Å². The van der Waals surface area contributed by atoms with Crippen molar-refractivity contribution in [3.63, 3.8) is 0 Å². The fourth-order valence-corrected chi connectivity index (χ4v) is 3.25. The molecule has 0 aromatic heterocycles. The van der Waals surface area contributed by atoms with Crippen LogP contribution in [0.3, 0.4) is 0 Å². The Morgan fingerprint density at radius 3 is 2.23 bits per heavy atom. The first-order valence-corrected chi connectivity index (χ1v) is 7.83. The molecule has 0 N–H and O–H groups in total. The van der Waals surface area contributed by atoms with Crippen LogP contribution in [0.5, 0.6) is 0 Å². The summed E-state index contributed by atoms with van der Waals surface area (Å²) in [7, 11) is -2.26. The minimum absolute atomic E-state index is 0.132. The molecular weight excluding hydrogens is 331 g/mol. The van der Waals surface area contributed by atoms with E-state index in [-0.39, 0.29) is 23.8 Å². The zero-order valence-electron chi connectivity index (χ0n) is 11.7. The SMILES string of the molecule is CCS(=O)(=O)N1CN(C)c2ccc(C(F)(F)C(F)(F)F)cc21. The second kappa shape index (κ2) is 4.97. The Morgan fingerprint density at radius 2 is 1.73 bits per heavy atom. The normalized spacial score (nSPS) is 16.1. The fraction of sp³-hybridized carbons (Fsp3) is 0.500. The summed E-state index contributed by atoms with van der Waals surface area (Å²) in [5.41, 5.74) is -1.19.